The monoisotopic (exact) mass is 353 g/mol. The van der Waals surface area contributed by atoms with Crippen LogP contribution in [0.3, 0.4) is 0 Å². The third kappa shape index (κ3) is 3.44. The van der Waals surface area contributed by atoms with Crippen molar-refractivity contribution in [2.24, 2.45) is 0 Å². The molecule has 0 unspecified atom stereocenters. The summed E-state index contributed by atoms with van der Waals surface area (Å²) in [7, 11) is 1.61. The number of benzene rings is 2. The molecule has 0 saturated carbocycles. The largest absolute Gasteiger partial charge is 0.454 e. The molecule has 1 aromatic heterocycles. The maximum absolute atomic E-state index is 13.0. The van der Waals surface area contributed by atoms with Gasteiger partial charge in [0.15, 0.2) is 5.52 Å². The SMILES string of the molecule is CN(Cc1ccc(F)cc1)c1cc(C(=O)C(F)(F)F)cc2nonc12. The van der Waals surface area contributed by atoms with Crippen molar-refractivity contribution in [3.63, 3.8) is 0 Å². The third-order valence-corrected chi connectivity index (χ3v) is 3.60. The minimum atomic E-state index is -5.00. The molecule has 0 aliphatic heterocycles. The molecular formula is C16H11F4N3O2. The number of anilines is 1. The Bertz CT molecular complexity index is 919. The van der Waals surface area contributed by atoms with E-state index in [0.29, 0.717) is 0 Å². The van der Waals surface area contributed by atoms with Crippen LogP contribution in [0.25, 0.3) is 11.0 Å². The molecule has 2 aromatic carbocycles. The number of halogens is 4. The second kappa shape index (κ2) is 6.15. The molecule has 0 N–H and O–H groups in total. The van der Waals surface area contributed by atoms with Gasteiger partial charge in [0.1, 0.15) is 11.3 Å². The average molecular weight is 353 g/mol. The number of Topliss-reactive ketones (excluding diaryl/α,β-unsaturated/α-hetero) is 1. The first-order valence-electron chi connectivity index (χ1n) is 7.09. The minimum Gasteiger partial charge on any atom is -0.368 e. The molecule has 0 bridgehead atoms. The van der Waals surface area contributed by atoms with Crippen molar-refractivity contribution in [1.82, 2.24) is 10.3 Å². The van der Waals surface area contributed by atoms with E-state index in [1.54, 1.807) is 24.1 Å². The van der Waals surface area contributed by atoms with Crippen molar-refractivity contribution < 1.29 is 27.0 Å². The topological polar surface area (TPSA) is 59.2 Å². The second-order valence-corrected chi connectivity index (χ2v) is 5.44. The van der Waals surface area contributed by atoms with E-state index in [9.17, 15) is 22.4 Å². The van der Waals surface area contributed by atoms with Crippen molar-refractivity contribution in [3.05, 3.63) is 53.3 Å². The fourth-order valence-electron chi connectivity index (χ4n) is 2.41. The van der Waals surface area contributed by atoms with E-state index in [1.165, 1.54) is 12.1 Å². The molecule has 0 saturated heterocycles. The van der Waals surface area contributed by atoms with E-state index in [2.05, 4.69) is 14.9 Å². The Morgan fingerprint density at radius 1 is 1.16 bits per heavy atom. The molecule has 0 aliphatic rings. The van der Waals surface area contributed by atoms with Crippen LogP contribution in [0, 0.1) is 5.82 Å². The lowest BCUT2D eigenvalue weighted by molar-refractivity contribution is -0.0885. The quantitative estimate of drug-likeness (QED) is 0.528. The van der Waals surface area contributed by atoms with Gasteiger partial charge < -0.3 is 4.90 Å². The molecule has 0 atom stereocenters. The summed E-state index contributed by atoms with van der Waals surface area (Å²) < 4.78 is 55.7. The highest BCUT2D eigenvalue weighted by atomic mass is 19.4. The van der Waals surface area contributed by atoms with Gasteiger partial charge in [-0.3, -0.25) is 4.79 Å². The summed E-state index contributed by atoms with van der Waals surface area (Å²) in [4.78, 5) is 13.1. The van der Waals surface area contributed by atoms with E-state index in [1.807, 2.05) is 0 Å². The highest BCUT2D eigenvalue weighted by molar-refractivity contribution is 6.05. The Morgan fingerprint density at radius 3 is 2.48 bits per heavy atom. The first-order valence-corrected chi connectivity index (χ1v) is 7.09. The van der Waals surface area contributed by atoms with Gasteiger partial charge >= 0.3 is 6.18 Å². The van der Waals surface area contributed by atoms with Gasteiger partial charge in [-0.2, -0.15) is 13.2 Å². The molecule has 3 aromatic rings. The summed E-state index contributed by atoms with van der Waals surface area (Å²) in [6.45, 7) is 0.256. The summed E-state index contributed by atoms with van der Waals surface area (Å²) >= 11 is 0. The van der Waals surface area contributed by atoms with Crippen molar-refractivity contribution in [2.75, 3.05) is 11.9 Å². The van der Waals surface area contributed by atoms with Crippen LogP contribution in [-0.4, -0.2) is 29.3 Å². The van der Waals surface area contributed by atoms with Crippen LogP contribution in [0.5, 0.6) is 0 Å². The molecule has 0 aliphatic carbocycles. The maximum atomic E-state index is 13.0. The number of carbonyl (C=O) groups excluding carboxylic acids is 1. The zero-order valence-electron chi connectivity index (χ0n) is 12.8. The van der Waals surface area contributed by atoms with Gasteiger partial charge in [-0.15, -0.1) is 0 Å². The average Bonchev–Trinajstić information content (AvgIpc) is 3.02. The van der Waals surface area contributed by atoms with Gasteiger partial charge in [-0.1, -0.05) is 12.1 Å². The predicted molar refractivity (Wildman–Crippen MR) is 80.7 cm³/mol. The molecular weight excluding hydrogens is 342 g/mol. The van der Waals surface area contributed by atoms with Crippen LogP contribution < -0.4 is 4.90 Å². The van der Waals surface area contributed by atoms with E-state index >= 15 is 0 Å². The number of hydrogen-bond donors (Lipinski definition) is 0. The molecule has 130 valence electrons. The van der Waals surface area contributed by atoms with Gasteiger partial charge in [0.05, 0.1) is 5.69 Å². The first kappa shape index (κ1) is 16.9. The highest BCUT2D eigenvalue weighted by Gasteiger charge is 2.40. The standard InChI is InChI=1S/C16H11F4N3O2/c1-23(8-9-2-4-11(17)5-3-9)13-7-10(15(24)16(18,19)20)6-12-14(13)22-25-21-12/h2-7H,8H2,1H3. The molecule has 3 rings (SSSR count). The number of nitrogens with zero attached hydrogens (tertiary/aromatic N) is 3. The van der Waals surface area contributed by atoms with Gasteiger partial charge in [0.2, 0.25) is 0 Å². The molecule has 0 fully saturated rings. The number of hydrogen-bond acceptors (Lipinski definition) is 5. The number of alkyl halides is 3. The Hall–Kier alpha value is -2.97. The van der Waals surface area contributed by atoms with Crippen LogP contribution in [0.4, 0.5) is 23.2 Å². The van der Waals surface area contributed by atoms with Crippen molar-refractivity contribution >= 4 is 22.5 Å². The number of ketones is 1. The van der Waals surface area contributed by atoms with Crippen molar-refractivity contribution in [3.8, 4) is 0 Å². The normalized spacial score (nSPS) is 11.7. The third-order valence-electron chi connectivity index (χ3n) is 3.60. The van der Waals surface area contributed by atoms with Crippen LogP contribution in [0.2, 0.25) is 0 Å². The molecule has 5 nitrogen and oxygen atoms in total. The van der Waals surface area contributed by atoms with Crippen LogP contribution in [0.15, 0.2) is 41.0 Å². The Morgan fingerprint density at radius 2 is 1.84 bits per heavy atom. The van der Waals surface area contributed by atoms with Crippen LogP contribution in [-0.2, 0) is 6.54 Å². The fraction of sp³-hybridized carbons (Fsp3) is 0.188. The maximum Gasteiger partial charge on any atom is 0.454 e. The Labute approximate surface area is 138 Å². The highest BCUT2D eigenvalue weighted by Crippen LogP contribution is 2.30. The fourth-order valence-corrected chi connectivity index (χ4v) is 2.41. The second-order valence-electron chi connectivity index (χ2n) is 5.44. The van der Waals surface area contributed by atoms with Crippen molar-refractivity contribution in [1.29, 1.82) is 0 Å². The zero-order valence-corrected chi connectivity index (χ0v) is 12.8. The lowest BCUT2D eigenvalue weighted by atomic mass is 10.1. The summed E-state index contributed by atoms with van der Waals surface area (Å²) in [6, 6.07) is 7.73. The lowest BCUT2D eigenvalue weighted by Crippen LogP contribution is -2.23. The van der Waals surface area contributed by atoms with E-state index in [4.69, 9.17) is 0 Å². The minimum absolute atomic E-state index is 0.0380. The molecule has 9 heteroatoms. The van der Waals surface area contributed by atoms with E-state index in [0.717, 1.165) is 17.7 Å². The number of carbonyl (C=O) groups is 1. The number of fused-ring (bicyclic) bond motifs is 1. The summed E-state index contributed by atoms with van der Waals surface area (Å²) in [5.74, 6) is -2.37. The molecule has 1 heterocycles. The number of aromatic nitrogens is 2. The van der Waals surface area contributed by atoms with Gasteiger partial charge in [-0.25, -0.2) is 9.02 Å². The number of rotatable bonds is 4. The summed E-state index contributed by atoms with van der Waals surface area (Å²) in [5.41, 5.74) is 0.674. The van der Waals surface area contributed by atoms with E-state index < -0.39 is 23.3 Å². The Balaban J connectivity index is 2.00. The molecule has 0 amide bonds. The smallest absolute Gasteiger partial charge is 0.368 e. The Kier molecular flexibility index (Phi) is 4.15. The molecule has 0 spiro atoms. The van der Waals surface area contributed by atoms with Gasteiger partial charge in [-0.05, 0) is 40.1 Å². The van der Waals surface area contributed by atoms with Crippen LogP contribution in [0.1, 0.15) is 15.9 Å². The predicted octanol–water partition coefficient (Wildman–Crippen LogP) is 3.74. The van der Waals surface area contributed by atoms with E-state index in [-0.39, 0.29) is 23.3 Å². The first-order chi connectivity index (χ1) is 11.8. The van der Waals surface area contributed by atoms with Gasteiger partial charge in [0, 0.05) is 19.2 Å². The molecule has 25 heavy (non-hydrogen) atoms. The van der Waals surface area contributed by atoms with Crippen LogP contribution >= 0.6 is 0 Å². The summed E-state index contributed by atoms with van der Waals surface area (Å²) in [6.07, 6.45) is -5.00. The van der Waals surface area contributed by atoms with Crippen molar-refractivity contribution in [2.45, 2.75) is 12.7 Å². The summed E-state index contributed by atoms with van der Waals surface area (Å²) in [5, 5.41) is 7.20. The molecule has 0 radical (unpaired) electrons. The van der Waals surface area contributed by atoms with Gasteiger partial charge in [0.25, 0.3) is 5.78 Å². The lowest BCUT2D eigenvalue weighted by Gasteiger charge is -2.20. The zero-order chi connectivity index (χ0) is 18.2.